The zero-order chi connectivity index (χ0) is 21.4. The standard InChI is InChI=1S/C24H22N4O2S/c1-27-20-10-17-8-5-9-18(17)11-22(20)31-14-19(24(27)30)26-23(29)21-12-25-15-28(21)13-16-6-3-2-4-7-16/h2-8,10-12,15,19H,9,13-14H2,1H3,(H,26,29)/t19-/m0/s1. The first-order valence-electron chi connectivity index (χ1n) is 10.2. The van der Waals surface area contributed by atoms with Crippen molar-refractivity contribution in [3.63, 3.8) is 0 Å². The van der Waals surface area contributed by atoms with Crippen LogP contribution in [-0.2, 0) is 17.8 Å². The van der Waals surface area contributed by atoms with Crippen LogP contribution >= 0.6 is 11.8 Å². The average Bonchev–Trinajstić information content (AvgIpc) is 3.42. The van der Waals surface area contributed by atoms with E-state index in [0.29, 0.717) is 18.0 Å². The van der Waals surface area contributed by atoms with Crippen LogP contribution in [0.1, 0.15) is 27.2 Å². The number of thioether (sulfide) groups is 1. The van der Waals surface area contributed by atoms with Gasteiger partial charge in [0.1, 0.15) is 11.7 Å². The molecule has 0 saturated heterocycles. The van der Waals surface area contributed by atoms with Crippen molar-refractivity contribution in [1.29, 1.82) is 0 Å². The van der Waals surface area contributed by atoms with Crippen molar-refractivity contribution in [1.82, 2.24) is 14.9 Å². The van der Waals surface area contributed by atoms with Crippen LogP contribution in [0.2, 0.25) is 0 Å². The van der Waals surface area contributed by atoms with Gasteiger partial charge in [-0.15, -0.1) is 11.8 Å². The molecule has 2 aromatic carbocycles. The summed E-state index contributed by atoms with van der Waals surface area (Å²) < 4.78 is 1.80. The van der Waals surface area contributed by atoms with Crippen molar-refractivity contribution < 1.29 is 9.59 Å². The number of allylic oxidation sites excluding steroid dienone is 1. The molecule has 0 unspecified atom stereocenters. The quantitative estimate of drug-likeness (QED) is 0.689. The Morgan fingerprint density at radius 3 is 2.94 bits per heavy atom. The minimum absolute atomic E-state index is 0.115. The number of amides is 2. The molecule has 1 aliphatic carbocycles. The Balaban J connectivity index is 1.34. The minimum Gasteiger partial charge on any atom is -0.338 e. The molecule has 2 amide bonds. The Morgan fingerprint density at radius 1 is 1.26 bits per heavy atom. The molecule has 1 aromatic heterocycles. The van der Waals surface area contributed by atoms with E-state index in [2.05, 4.69) is 34.6 Å². The number of likely N-dealkylation sites (N-methyl/N-ethyl adjacent to an activating group) is 1. The number of fused-ring (bicyclic) bond motifs is 2. The zero-order valence-corrected chi connectivity index (χ0v) is 17.9. The monoisotopic (exact) mass is 430 g/mol. The molecular formula is C24H22N4O2S. The summed E-state index contributed by atoms with van der Waals surface area (Å²) in [6, 6.07) is 13.5. The van der Waals surface area contributed by atoms with Crippen LogP contribution < -0.4 is 10.2 Å². The van der Waals surface area contributed by atoms with Gasteiger partial charge in [-0.3, -0.25) is 9.59 Å². The number of aromatic nitrogens is 2. The van der Waals surface area contributed by atoms with Crippen molar-refractivity contribution in [2.24, 2.45) is 0 Å². The lowest BCUT2D eigenvalue weighted by atomic mass is 10.1. The van der Waals surface area contributed by atoms with Crippen molar-refractivity contribution in [2.75, 3.05) is 17.7 Å². The lowest BCUT2D eigenvalue weighted by Gasteiger charge is -2.22. The van der Waals surface area contributed by atoms with Gasteiger partial charge >= 0.3 is 0 Å². The first-order chi connectivity index (χ1) is 15.1. The van der Waals surface area contributed by atoms with Crippen molar-refractivity contribution in [2.45, 2.75) is 23.9 Å². The number of anilines is 1. The molecule has 31 heavy (non-hydrogen) atoms. The molecule has 0 bridgehead atoms. The maximum Gasteiger partial charge on any atom is 0.270 e. The maximum atomic E-state index is 13.1. The summed E-state index contributed by atoms with van der Waals surface area (Å²) in [5.74, 6) is 0.0776. The van der Waals surface area contributed by atoms with Crippen LogP contribution in [0.15, 0.2) is 66.0 Å². The topological polar surface area (TPSA) is 67.2 Å². The second-order valence-corrected chi connectivity index (χ2v) is 8.81. The van der Waals surface area contributed by atoms with E-state index in [-0.39, 0.29) is 11.8 Å². The van der Waals surface area contributed by atoms with Gasteiger partial charge in [0.2, 0.25) is 5.91 Å². The third-order valence-electron chi connectivity index (χ3n) is 5.70. The Hall–Kier alpha value is -3.32. The van der Waals surface area contributed by atoms with E-state index < -0.39 is 6.04 Å². The van der Waals surface area contributed by atoms with Crippen LogP contribution in [0.3, 0.4) is 0 Å². The number of carbonyl (C=O) groups is 2. The summed E-state index contributed by atoms with van der Waals surface area (Å²) in [6.07, 6.45) is 8.34. The smallest absolute Gasteiger partial charge is 0.270 e. The lowest BCUT2D eigenvalue weighted by Crippen LogP contribution is -2.48. The second kappa shape index (κ2) is 8.07. The van der Waals surface area contributed by atoms with Gasteiger partial charge in [-0.05, 0) is 35.2 Å². The van der Waals surface area contributed by atoms with Gasteiger partial charge in [0.15, 0.2) is 0 Å². The lowest BCUT2D eigenvalue weighted by molar-refractivity contribution is -0.119. The van der Waals surface area contributed by atoms with E-state index in [9.17, 15) is 9.59 Å². The summed E-state index contributed by atoms with van der Waals surface area (Å²) in [5, 5.41) is 2.93. The highest BCUT2D eigenvalue weighted by molar-refractivity contribution is 7.99. The first-order valence-corrected chi connectivity index (χ1v) is 11.2. The minimum atomic E-state index is -0.611. The fraction of sp³-hybridized carbons (Fsp3) is 0.208. The highest BCUT2D eigenvalue weighted by atomic mass is 32.2. The molecule has 0 fully saturated rings. The molecule has 0 saturated carbocycles. The third kappa shape index (κ3) is 3.77. The van der Waals surface area contributed by atoms with Gasteiger partial charge in [0.05, 0.1) is 18.2 Å². The predicted octanol–water partition coefficient (Wildman–Crippen LogP) is 3.37. The van der Waals surface area contributed by atoms with E-state index in [1.54, 1.807) is 40.8 Å². The van der Waals surface area contributed by atoms with E-state index in [4.69, 9.17) is 0 Å². The highest BCUT2D eigenvalue weighted by Gasteiger charge is 2.31. The van der Waals surface area contributed by atoms with Crippen LogP contribution in [0.25, 0.3) is 6.08 Å². The van der Waals surface area contributed by atoms with Crippen LogP contribution in [0.5, 0.6) is 0 Å². The number of imidazole rings is 1. The summed E-state index contributed by atoms with van der Waals surface area (Å²) in [5.41, 5.74) is 4.85. The van der Waals surface area contributed by atoms with Gasteiger partial charge in [-0.1, -0.05) is 42.5 Å². The number of hydrogen-bond donors (Lipinski definition) is 1. The van der Waals surface area contributed by atoms with Crippen molar-refractivity contribution in [3.05, 3.63) is 83.4 Å². The van der Waals surface area contributed by atoms with E-state index >= 15 is 0 Å². The SMILES string of the molecule is CN1C(=O)[C@@H](NC(=O)c2cncn2Cc2ccccc2)CSc2cc3c(cc21)C=CC3. The average molecular weight is 431 g/mol. The molecular weight excluding hydrogens is 408 g/mol. The third-order valence-corrected chi connectivity index (χ3v) is 6.84. The molecule has 7 heteroatoms. The summed E-state index contributed by atoms with van der Waals surface area (Å²) in [4.78, 5) is 33.1. The number of benzene rings is 2. The van der Waals surface area contributed by atoms with Crippen LogP contribution in [0, 0.1) is 0 Å². The van der Waals surface area contributed by atoms with E-state index in [0.717, 1.165) is 28.1 Å². The molecule has 0 spiro atoms. The molecule has 1 aliphatic heterocycles. The molecule has 5 rings (SSSR count). The Kier molecular flexibility index (Phi) is 5.11. The summed E-state index contributed by atoms with van der Waals surface area (Å²) >= 11 is 1.61. The number of nitrogens with zero attached hydrogens (tertiary/aromatic N) is 3. The number of carbonyl (C=O) groups excluding carboxylic acids is 2. The van der Waals surface area contributed by atoms with Crippen LogP contribution in [0.4, 0.5) is 5.69 Å². The maximum absolute atomic E-state index is 13.1. The number of nitrogens with one attached hydrogen (secondary N) is 1. The normalized spacial score (nSPS) is 17.3. The Labute approximate surface area is 185 Å². The Bertz CT molecular complexity index is 1190. The second-order valence-electron chi connectivity index (χ2n) is 7.75. The molecule has 1 N–H and O–H groups in total. The fourth-order valence-electron chi connectivity index (χ4n) is 4.00. The molecule has 6 nitrogen and oxygen atoms in total. The zero-order valence-electron chi connectivity index (χ0n) is 17.1. The van der Waals surface area contributed by atoms with Gasteiger partial charge in [-0.25, -0.2) is 4.98 Å². The molecule has 2 aliphatic rings. The van der Waals surface area contributed by atoms with Crippen LogP contribution in [-0.4, -0.2) is 40.2 Å². The number of hydrogen-bond acceptors (Lipinski definition) is 4. The van der Waals surface area contributed by atoms with E-state index in [1.807, 2.05) is 30.3 Å². The Morgan fingerprint density at radius 2 is 2.10 bits per heavy atom. The molecule has 1 atom stereocenters. The first kappa shape index (κ1) is 19.6. The van der Waals surface area contributed by atoms with Gasteiger partial charge < -0.3 is 14.8 Å². The largest absolute Gasteiger partial charge is 0.338 e. The van der Waals surface area contributed by atoms with E-state index in [1.165, 1.54) is 5.56 Å². The molecule has 2 heterocycles. The fourth-order valence-corrected chi connectivity index (χ4v) is 5.14. The highest BCUT2D eigenvalue weighted by Crippen LogP contribution is 2.38. The summed E-state index contributed by atoms with van der Waals surface area (Å²) in [6.45, 7) is 0.543. The molecule has 0 radical (unpaired) electrons. The number of rotatable bonds is 4. The van der Waals surface area contributed by atoms with Gasteiger partial charge in [0, 0.05) is 24.2 Å². The summed E-state index contributed by atoms with van der Waals surface area (Å²) in [7, 11) is 1.77. The van der Waals surface area contributed by atoms with Gasteiger partial charge in [0.25, 0.3) is 5.91 Å². The van der Waals surface area contributed by atoms with Crippen molar-refractivity contribution >= 4 is 35.3 Å². The predicted molar refractivity (Wildman–Crippen MR) is 122 cm³/mol. The van der Waals surface area contributed by atoms with Gasteiger partial charge in [-0.2, -0.15) is 0 Å². The molecule has 156 valence electrons. The molecule has 3 aromatic rings. The van der Waals surface area contributed by atoms with Crippen molar-refractivity contribution in [3.8, 4) is 0 Å².